The molecule has 3 nitrogen and oxygen atoms in total. The molecule has 0 aliphatic rings. The van der Waals surface area contributed by atoms with Crippen LogP contribution >= 0.6 is 11.6 Å². The Hall–Kier alpha value is -2.21. The van der Waals surface area contributed by atoms with E-state index < -0.39 is 17.7 Å². The van der Waals surface area contributed by atoms with E-state index in [2.05, 4.69) is 0 Å². The monoisotopic (exact) mass is 344 g/mol. The molecule has 2 rings (SSSR count). The number of ether oxygens (including phenoxy) is 1. The van der Waals surface area contributed by atoms with Crippen molar-refractivity contribution in [2.75, 3.05) is 0 Å². The maximum absolute atomic E-state index is 12.9. The molecule has 0 heterocycles. The van der Waals surface area contributed by atoms with Gasteiger partial charge in [-0.2, -0.15) is 13.2 Å². The van der Waals surface area contributed by atoms with Gasteiger partial charge in [0.05, 0.1) is 0 Å². The standard InChI is InChI=1S/C16H12ClF3O3/c1-15(14(21)22,16(18,19)20)23-13-8-4-11(5-9-13)10-2-6-12(17)7-3-10/h2-9H,1H3,(H,21,22). The van der Waals surface area contributed by atoms with Crippen molar-refractivity contribution in [3.8, 4) is 16.9 Å². The SMILES string of the molecule is CC(Oc1ccc(-c2ccc(Cl)cc2)cc1)(C(=O)O)C(F)(F)F. The fraction of sp³-hybridized carbons (Fsp3) is 0.188. The van der Waals surface area contributed by atoms with E-state index in [0.717, 1.165) is 11.1 Å². The summed E-state index contributed by atoms with van der Waals surface area (Å²) < 4.78 is 43.4. The van der Waals surface area contributed by atoms with Gasteiger partial charge in [-0.15, -0.1) is 0 Å². The summed E-state index contributed by atoms with van der Waals surface area (Å²) in [4.78, 5) is 10.9. The Morgan fingerprint density at radius 3 is 1.83 bits per heavy atom. The third-order valence-corrected chi connectivity index (χ3v) is 3.55. The lowest BCUT2D eigenvalue weighted by Crippen LogP contribution is -2.54. The van der Waals surface area contributed by atoms with Crippen LogP contribution in [-0.2, 0) is 4.79 Å². The zero-order chi connectivity index (χ0) is 17.3. The van der Waals surface area contributed by atoms with Gasteiger partial charge in [-0.05, 0) is 42.3 Å². The average molecular weight is 345 g/mol. The lowest BCUT2D eigenvalue weighted by atomic mass is 10.0. The topological polar surface area (TPSA) is 46.5 Å². The highest BCUT2D eigenvalue weighted by Gasteiger charge is 2.60. The average Bonchev–Trinajstić information content (AvgIpc) is 2.47. The van der Waals surface area contributed by atoms with Crippen LogP contribution in [0.3, 0.4) is 0 Å². The first kappa shape index (κ1) is 17.1. The Balaban J connectivity index is 2.26. The predicted octanol–water partition coefficient (Wildman–Crippen LogP) is 4.79. The highest BCUT2D eigenvalue weighted by Crippen LogP contribution is 2.35. The van der Waals surface area contributed by atoms with Crippen LogP contribution in [-0.4, -0.2) is 22.9 Å². The van der Waals surface area contributed by atoms with E-state index in [1.165, 1.54) is 24.3 Å². The molecule has 7 heteroatoms. The minimum Gasteiger partial charge on any atom is -0.478 e. The van der Waals surface area contributed by atoms with E-state index in [0.29, 0.717) is 11.9 Å². The van der Waals surface area contributed by atoms with Gasteiger partial charge in [0.25, 0.3) is 5.60 Å². The van der Waals surface area contributed by atoms with Crippen LogP contribution in [0.1, 0.15) is 6.92 Å². The second-order valence-electron chi connectivity index (χ2n) is 4.97. The van der Waals surface area contributed by atoms with Crippen LogP contribution in [0.4, 0.5) is 13.2 Å². The van der Waals surface area contributed by atoms with Crippen molar-refractivity contribution in [1.29, 1.82) is 0 Å². The summed E-state index contributed by atoms with van der Waals surface area (Å²) in [5, 5.41) is 9.40. The number of carbonyl (C=O) groups is 1. The molecule has 0 saturated carbocycles. The van der Waals surface area contributed by atoms with E-state index in [9.17, 15) is 18.0 Å². The fourth-order valence-electron chi connectivity index (χ4n) is 1.82. The summed E-state index contributed by atoms with van der Waals surface area (Å²) in [6.07, 6.45) is -5.05. The highest BCUT2D eigenvalue weighted by molar-refractivity contribution is 6.30. The zero-order valence-electron chi connectivity index (χ0n) is 11.9. The van der Waals surface area contributed by atoms with Crippen LogP contribution in [0.2, 0.25) is 5.02 Å². The second-order valence-corrected chi connectivity index (χ2v) is 5.41. The second kappa shape index (κ2) is 6.12. The van der Waals surface area contributed by atoms with Crippen LogP contribution < -0.4 is 4.74 Å². The van der Waals surface area contributed by atoms with Crippen molar-refractivity contribution >= 4 is 17.6 Å². The molecular weight excluding hydrogens is 333 g/mol. The number of hydrogen-bond donors (Lipinski definition) is 1. The van der Waals surface area contributed by atoms with Crippen LogP contribution in [0.15, 0.2) is 48.5 Å². The predicted molar refractivity (Wildman–Crippen MR) is 79.6 cm³/mol. The molecule has 0 fully saturated rings. The Morgan fingerprint density at radius 2 is 1.43 bits per heavy atom. The lowest BCUT2D eigenvalue weighted by molar-refractivity contribution is -0.244. The molecule has 2 aromatic rings. The van der Waals surface area contributed by atoms with Gasteiger partial charge in [0.15, 0.2) is 0 Å². The first-order valence-corrected chi connectivity index (χ1v) is 6.86. The Kier molecular flexibility index (Phi) is 4.56. The molecule has 0 saturated heterocycles. The molecular formula is C16H12ClF3O3. The Bertz CT molecular complexity index is 696. The summed E-state index contributed by atoms with van der Waals surface area (Å²) in [5.74, 6) is -2.29. The molecule has 1 atom stereocenters. The molecule has 0 amide bonds. The van der Waals surface area contributed by atoms with Crippen molar-refractivity contribution in [3.63, 3.8) is 0 Å². The third-order valence-electron chi connectivity index (χ3n) is 3.30. The molecule has 0 aromatic heterocycles. The van der Waals surface area contributed by atoms with Gasteiger partial charge in [0, 0.05) is 5.02 Å². The molecule has 2 aromatic carbocycles. The molecule has 0 bridgehead atoms. The van der Waals surface area contributed by atoms with Gasteiger partial charge in [0.1, 0.15) is 5.75 Å². The summed E-state index contributed by atoms with van der Waals surface area (Å²) >= 11 is 5.79. The molecule has 0 spiro atoms. The fourth-order valence-corrected chi connectivity index (χ4v) is 1.94. The summed E-state index contributed by atoms with van der Waals surface area (Å²) in [5.41, 5.74) is -1.76. The van der Waals surface area contributed by atoms with Gasteiger partial charge in [-0.25, -0.2) is 4.79 Å². The van der Waals surface area contributed by atoms with Gasteiger partial charge in [0.2, 0.25) is 0 Å². The van der Waals surface area contributed by atoms with Crippen molar-refractivity contribution in [3.05, 3.63) is 53.6 Å². The van der Waals surface area contributed by atoms with Crippen LogP contribution in [0, 0.1) is 0 Å². The number of rotatable bonds is 4. The number of halogens is 4. The van der Waals surface area contributed by atoms with Crippen molar-refractivity contribution in [1.82, 2.24) is 0 Å². The summed E-state index contributed by atoms with van der Waals surface area (Å²) in [6, 6.07) is 12.5. The first-order valence-electron chi connectivity index (χ1n) is 6.48. The molecule has 0 radical (unpaired) electrons. The molecule has 23 heavy (non-hydrogen) atoms. The van der Waals surface area contributed by atoms with Crippen molar-refractivity contribution in [2.45, 2.75) is 18.7 Å². The molecule has 0 aliphatic heterocycles. The minimum absolute atomic E-state index is 0.190. The summed E-state index contributed by atoms with van der Waals surface area (Å²) in [7, 11) is 0. The van der Waals surface area contributed by atoms with Gasteiger partial charge < -0.3 is 9.84 Å². The van der Waals surface area contributed by atoms with Gasteiger partial charge >= 0.3 is 12.1 Å². The molecule has 1 N–H and O–H groups in total. The maximum Gasteiger partial charge on any atom is 0.439 e. The molecule has 122 valence electrons. The summed E-state index contributed by atoms with van der Waals surface area (Å²) in [6.45, 7) is 0.475. The normalized spacial score (nSPS) is 14.1. The quantitative estimate of drug-likeness (QED) is 0.867. The Labute approximate surface area is 135 Å². The third kappa shape index (κ3) is 3.59. The largest absolute Gasteiger partial charge is 0.478 e. The van der Waals surface area contributed by atoms with E-state index in [-0.39, 0.29) is 5.75 Å². The lowest BCUT2D eigenvalue weighted by Gasteiger charge is -2.28. The van der Waals surface area contributed by atoms with E-state index in [4.69, 9.17) is 21.4 Å². The minimum atomic E-state index is -5.05. The number of carboxylic acids is 1. The first-order chi connectivity index (χ1) is 10.6. The van der Waals surface area contributed by atoms with Crippen molar-refractivity contribution in [2.24, 2.45) is 0 Å². The van der Waals surface area contributed by atoms with E-state index in [1.807, 2.05) is 0 Å². The van der Waals surface area contributed by atoms with Gasteiger partial charge in [-0.3, -0.25) is 0 Å². The molecule has 1 unspecified atom stereocenters. The molecule has 0 aliphatic carbocycles. The number of benzene rings is 2. The van der Waals surface area contributed by atoms with E-state index in [1.54, 1.807) is 24.3 Å². The number of aliphatic carboxylic acids is 1. The maximum atomic E-state index is 12.9. The van der Waals surface area contributed by atoms with Crippen LogP contribution in [0.5, 0.6) is 5.75 Å². The Morgan fingerprint density at radius 1 is 1.00 bits per heavy atom. The number of alkyl halides is 3. The van der Waals surface area contributed by atoms with E-state index >= 15 is 0 Å². The number of hydrogen-bond acceptors (Lipinski definition) is 2. The zero-order valence-corrected chi connectivity index (χ0v) is 12.7. The van der Waals surface area contributed by atoms with Gasteiger partial charge in [-0.1, -0.05) is 35.9 Å². The highest BCUT2D eigenvalue weighted by atomic mass is 35.5. The van der Waals surface area contributed by atoms with Crippen molar-refractivity contribution < 1.29 is 27.8 Å². The smallest absolute Gasteiger partial charge is 0.439 e. The van der Waals surface area contributed by atoms with Crippen LogP contribution in [0.25, 0.3) is 11.1 Å². The number of carboxylic acid groups (broad SMARTS) is 1.